The van der Waals surface area contributed by atoms with E-state index in [0.29, 0.717) is 12.1 Å². The molecule has 18 heavy (non-hydrogen) atoms. The molecule has 2 N–H and O–H groups in total. The Morgan fingerprint density at radius 2 is 2.06 bits per heavy atom. The maximum atomic E-state index is 11.1. The first-order valence-corrected chi connectivity index (χ1v) is 5.88. The predicted octanol–water partition coefficient (Wildman–Crippen LogP) is 2.38. The summed E-state index contributed by atoms with van der Waals surface area (Å²) in [5.74, 6) is -0.170. The van der Waals surface area contributed by atoms with Gasteiger partial charge in [0.1, 0.15) is 11.8 Å². The summed E-state index contributed by atoms with van der Waals surface area (Å²) in [7, 11) is 0. The van der Waals surface area contributed by atoms with Crippen LogP contribution in [0.1, 0.15) is 25.5 Å². The minimum absolute atomic E-state index is 0.102. The van der Waals surface area contributed by atoms with E-state index in [0.717, 1.165) is 5.75 Å². The number of carbonyl (C=O) groups is 1. The summed E-state index contributed by atoms with van der Waals surface area (Å²) in [5.41, 5.74) is 0.695. The summed E-state index contributed by atoms with van der Waals surface area (Å²) in [4.78, 5) is 11.1. The standard InChI is InChI=1S/C14H19NO3/c1-4-9-15-13(14(16)17)11-5-7-12(8-6-11)18-10(2)3/h4-8,10,13,15H,1,9H2,2-3H3,(H,16,17). The molecule has 0 aliphatic rings. The van der Waals surface area contributed by atoms with Crippen molar-refractivity contribution in [3.63, 3.8) is 0 Å². The highest BCUT2D eigenvalue weighted by Crippen LogP contribution is 2.19. The number of hydrogen-bond donors (Lipinski definition) is 2. The average Bonchev–Trinajstić information content (AvgIpc) is 2.30. The summed E-state index contributed by atoms with van der Waals surface area (Å²) < 4.78 is 5.51. The fourth-order valence-corrected chi connectivity index (χ4v) is 1.56. The van der Waals surface area contributed by atoms with Crippen LogP contribution in [0.2, 0.25) is 0 Å². The summed E-state index contributed by atoms with van der Waals surface area (Å²) >= 11 is 0. The van der Waals surface area contributed by atoms with Gasteiger partial charge in [0.05, 0.1) is 6.10 Å². The van der Waals surface area contributed by atoms with Crippen molar-refractivity contribution in [2.75, 3.05) is 6.54 Å². The molecule has 4 heteroatoms. The van der Waals surface area contributed by atoms with Gasteiger partial charge >= 0.3 is 5.97 Å². The highest BCUT2D eigenvalue weighted by molar-refractivity contribution is 5.75. The van der Waals surface area contributed by atoms with Crippen LogP contribution in [0, 0.1) is 0 Å². The Balaban J connectivity index is 2.79. The van der Waals surface area contributed by atoms with Gasteiger partial charge in [-0.2, -0.15) is 0 Å². The highest BCUT2D eigenvalue weighted by Gasteiger charge is 2.18. The molecule has 0 aromatic heterocycles. The number of nitrogens with one attached hydrogen (secondary N) is 1. The molecule has 1 aromatic rings. The van der Waals surface area contributed by atoms with Gasteiger partial charge in [-0.1, -0.05) is 18.2 Å². The van der Waals surface area contributed by atoms with Gasteiger partial charge < -0.3 is 9.84 Å². The highest BCUT2D eigenvalue weighted by atomic mass is 16.5. The zero-order chi connectivity index (χ0) is 13.5. The molecule has 0 bridgehead atoms. The van der Waals surface area contributed by atoms with Gasteiger partial charge in [-0.25, -0.2) is 0 Å². The van der Waals surface area contributed by atoms with E-state index < -0.39 is 12.0 Å². The van der Waals surface area contributed by atoms with Gasteiger partial charge in [-0.05, 0) is 31.5 Å². The van der Waals surface area contributed by atoms with E-state index in [9.17, 15) is 4.79 Å². The lowest BCUT2D eigenvalue weighted by Gasteiger charge is -2.15. The molecule has 1 aromatic carbocycles. The Labute approximate surface area is 107 Å². The molecule has 0 amide bonds. The molecule has 4 nitrogen and oxygen atoms in total. The molecule has 0 saturated heterocycles. The van der Waals surface area contributed by atoms with E-state index in [1.807, 2.05) is 13.8 Å². The van der Waals surface area contributed by atoms with Crippen molar-refractivity contribution in [1.82, 2.24) is 5.32 Å². The number of ether oxygens (including phenoxy) is 1. The second-order valence-electron chi connectivity index (χ2n) is 4.20. The Hall–Kier alpha value is -1.81. The van der Waals surface area contributed by atoms with E-state index in [1.165, 1.54) is 0 Å². The molecule has 0 aliphatic heterocycles. The van der Waals surface area contributed by atoms with Crippen LogP contribution in [0.15, 0.2) is 36.9 Å². The first-order valence-electron chi connectivity index (χ1n) is 5.88. The summed E-state index contributed by atoms with van der Waals surface area (Å²) in [6.45, 7) is 7.89. The van der Waals surface area contributed by atoms with Crippen LogP contribution >= 0.6 is 0 Å². The molecule has 0 heterocycles. The SMILES string of the molecule is C=CCNC(C(=O)O)c1ccc(OC(C)C)cc1. The van der Waals surface area contributed by atoms with Gasteiger partial charge in [0.25, 0.3) is 0 Å². The van der Waals surface area contributed by atoms with Gasteiger partial charge in [-0.3, -0.25) is 10.1 Å². The van der Waals surface area contributed by atoms with Crippen LogP contribution in [0.3, 0.4) is 0 Å². The lowest BCUT2D eigenvalue weighted by Crippen LogP contribution is -2.28. The molecule has 98 valence electrons. The second-order valence-corrected chi connectivity index (χ2v) is 4.20. The minimum atomic E-state index is -0.908. The molecule has 0 spiro atoms. The molecular formula is C14H19NO3. The van der Waals surface area contributed by atoms with Crippen LogP contribution in [0.25, 0.3) is 0 Å². The number of carboxylic acid groups (broad SMARTS) is 1. The number of aliphatic carboxylic acids is 1. The van der Waals surface area contributed by atoms with Crippen LogP contribution in [0.4, 0.5) is 0 Å². The fourth-order valence-electron chi connectivity index (χ4n) is 1.56. The number of benzene rings is 1. The number of carboxylic acids is 1. The van der Waals surface area contributed by atoms with Crippen molar-refractivity contribution in [2.24, 2.45) is 0 Å². The molecular weight excluding hydrogens is 230 g/mol. The minimum Gasteiger partial charge on any atom is -0.491 e. The van der Waals surface area contributed by atoms with Crippen molar-refractivity contribution in [3.05, 3.63) is 42.5 Å². The molecule has 0 radical (unpaired) electrons. The van der Waals surface area contributed by atoms with Crippen LogP contribution in [0.5, 0.6) is 5.75 Å². The maximum absolute atomic E-state index is 11.1. The topological polar surface area (TPSA) is 58.6 Å². The van der Waals surface area contributed by atoms with Crippen molar-refractivity contribution < 1.29 is 14.6 Å². The quantitative estimate of drug-likeness (QED) is 0.728. The van der Waals surface area contributed by atoms with Crippen molar-refractivity contribution >= 4 is 5.97 Å². The van der Waals surface area contributed by atoms with E-state index in [4.69, 9.17) is 9.84 Å². The van der Waals surface area contributed by atoms with E-state index in [-0.39, 0.29) is 6.10 Å². The normalized spacial score (nSPS) is 12.2. The van der Waals surface area contributed by atoms with Crippen molar-refractivity contribution in [3.8, 4) is 5.75 Å². The van der Waals surface area contributed by atoms with Gasteiger partial charge in [-0.15, -0.1) is 6.58 Å². The first-order chi connectivity index (χ1) is 8.54. The van der Waals surface area contributed by atoms with Crippen LogP contribution < -0.4 is 10.1 Å². The number of rotatable bonds is 7. The molecule has 1 rings (SSSR count). The Morgan fingerprint density at radius 3 is 2.50 bits per heavy atom. The van der Waals surface area contributed by atoms with Gasteiger partial charge in [0, 0.05) is 6.54 Å². The lowest BCUT2D eigenvalue weighted by molar-refractivity contribution is -0.139. The summed E-state index contributed by atoms with van der Waals surface area (Å²) in [6, 6.07) is 6.34. The average molecular weight is 249 g/mol. The molecule has 0 aliphatic carbocycles. The molecule has 1 atom stereocenters. The molecule has 0 fully saturated rings. The zero-order valence-corrected chi connectivity index (χ0v) is 10.7. The van der Waals surface area contributed by atoms with Crippen LogP contribution in [-0.2, 0) is 4.79 Å². The third-order valence-corrected chi connectivity index (χ3v) is 2.30. The Bertz CT molecular complexity index is 398. The van der Waals surface area contributed by atoms with Gasteiger partial charge in [0.15, 0.2) is 0 Å². The maximum Gasteiger partial charge on any atom is 0.325 e. The van der Waals surface area contributed by atoms with Crippen molar-refractivity contribution in [1.29, 1.82) is 0 Å². The van der Waals surface area contributed by atoms with Gasteiger partial charge in [0.2, 0.25) is 0 Å². The van der Waals surface area contributed by atoms with E-state index in [1.54, 1.807) is 30.3 Å². The zero-order valence-electron chi connectivity index (χ0n) is 10.7. The lowest BCUT2D eigenvalue weighted by atomic mass is 10.1. The third-order valence-electron chi connectivity index (χ3n) is 2.30. The summed E-state index contributed by atoms with van der Waals surface area (Å²) in [5, 5.41) is 12.0. The van der Waals surface area contributed by atoms with Crippen molar-refractivity contribution in [2.45, 2.75) is 26.0 Å². The fraction of sp³-hybridized carbons (Fsp3) is 0.357. The number of hydrogen-bond acceptors (Lipinski definition) is 3. The second kappa shape index (κ2) is 6.81. The largest absolute Gasteiger partial charge is 0.491 e. The predicted molar refractivity (Wildman–Crippen MR) is 70.8 cm³/mol. The molecule has 0 saturated carbocycles. The first kappa shape index (κ1) is 14.3. The van der Waals surface area contributed by atoms with Crippen LogP contribution in [-0.4, -0.2) is 23.7 Å². The van der Waals surface area contributed by atoms with E-state index >= 15 is 0 Å². The Morgan fingerprint density at radius 1 is 1.44 bits per heavy atom. The van der Waals surface area contributed by atoms with E-state index in [2.05, 4.69) is 11.9 Å². The summed E-state index contributed by atoms with van der Waals surface area (Å²) in [6.07, 6.45) is 1.73. The Kier molecular flexibility index (Phi) is 5.39. The monoisotopic (exact) mass is 249 g/mol. The smallest absolute Gasteiger partial charge is 0.325 e. The molecule has 1 unspecified atom stereocenters. The third kappa shape index (κ3) is 4.22.